The lowest BCUT2D eigenvalue weighted by Gasteiger charge is -2.26. The third kappa shape index (κ3) is 3.98. The highest BCUT2D eigenvalue weighted by atomic mass is 16.1. The first-order valence-electron chi connectivity index (χ1n) is 7.54. The van der Waals surface area contributed by atoms with Gasteiger partial charge >= 0.3 is 0 Å². The van der Waals surface area contributed by atoms with E-state index >= 15 is 0 Å². The van der Waals surface area contributed by atoms with Crippen molar-refractivity contribution in [3.63, 3.8) is 0 Å². The predicted octanol–water partition coefficient (Wildman–Crippen LogP) is 3.65. The fourth-order valence-corrected chi connectivity index (χ4v) is 3.24. The zero-order valence-corrected chi connectivity index (χ0v) is 12.3. The molecule has 0 aliphatic heterocycles. The number of aliphatic imine (C=N–C) groups is 2. The molecule has 2 rings (SSSR count). The van der Waals surface area contributed by atoms with Crippen LogP contribution in [0.2, 0.25) is 0 Å². The first-order valence-corrected chi connectivity index (χ1v) is 7.54. The summed E-state index contributed by atoms with van der Waals surface area (Å²) in [7, 11) is 0. The summed E-state index contributed by atoms with van der Waals surface area (Å²) < 4.78 is 0. The summed E-state index contributed by atoms with van der Waals surface area (Å²) in [6.45, 7) is 2.08. The Hall–Kier alpha value is -2.02. The average molecular weight is 284 g/mol. The van der Waals surface area contributed by atoms with E-state index in [-0.39, 0.29) is 6.04 Å². The van der Waals surface area contributed by atoms with Gasteiger partial charge in [-0.3, -0.25) is 0 Å². The lowest BCUT2D eigenvalue weighted by molar-refractivity contribution is 0.325. The highest BCUT2D eigenvalue weighted by Gasteiger charge is 2.22. The standard InChI is InChI=1S/C17H20N2O2/c1-2-16-14(4-3-5-17(16)19-12-21)10-13-6-8-15(9-7-13)18-11-20/h3-5,13,15H,2,6-10H2,1H3. The summed E-state index contributed by atoms with van der Waals surface area (Å²) in [6.07, 6.45) is 9.27. The summed E-state index contributed by atoms with van der Waals surface area (Å²) in [4.78, 5) is 28.4. The van der Waals surface area contributed by atoms with Crippen LogP contribution >= 0.6 is 0 Å². The highest BCUT2D eigenvalue weighted by Crippen LogP contribution is 2.32. The Morgan fingerprint density at radius 1 is 1.14 bits per heavy atom. The van der Waals surface area contributed by atoms with Crippen LogP contribution in [0.25, 0.3) is 0 Å². The van der Waals surface area contributed by atoms with E-state index in [1.165, 1.54) is 5.56 Å². The number of hydrogen-bond acceptors (Lipinski definition) is 4. The maximum Gasteiger partial charge on any atom is 0.240 e. The van der Waals surface area contributed by atoms with E-state index < -0.39 is 0 Å². The lowest BCUT2D eigenvalue weighted by Crippen LogP contribution is -2.19. The van der Waals surface area contributed by atoms with E-state index in [9.17, 15) is 9.59 Å². The molecule has 1 aliphatic rings. The first kappa shape index (κ1) is 15.4. The predicted molar refractivity (Wildman–Crippen MR) is 81.2 cm³/mol. The summed E-state index contributed by atoms with van der Waals surface area (Å²) in [5, 5.41) is 0. The van der Waals surface area contributed by atoms with Crippen molar-refractivity contribution in [2.75, 3.05) is 0 Å². The number of carbonyl (C=O) groups excluding carboxylic acids is 2. The summed E-state index contributed by atoms with van der Waals surface area (Å²) in [5.41, 5.74) is 3.16. The van der Waals surface area contributed by atoms with E-state index in [0.29, 0.717) is 5.92 Å². The number of rotatable bonds is 5. The molecule has 21 heavy (non-hydrogen) atoms. The molecule has 4 nitrogen and oxygen atoms in total. The smallest absolute Gasteiger partial charge is 0.211 e. The van der Waals surface area contributed by atoms with Crippen molar-refractivity contribution >= 4 is 17.8 Å². The van der Waals surface area contributed by atoms with Crippen molar-refractivity contribution < 1.29 is 9.59 Å². The van der Waals surface area contributed by atoms with Gasteiger partial charge in [-0.1, -0.05) is 19.1 Å². The van der Waals surface area contributed by atoms with Gasteiger partial charge in [0.2, 0.25) is 12.2 Å². The van der Waals surface area contributed by atoms with Gasteiger partial charge in [-0.05, 0) is 61.6 Å². The monoisotopic (exact) mass is 284 g/mol. The fraction of sp³-hybridized carbons (Fsp3) is 0.529. The molecule has 4 heteroatoms. The topological polar surface area (TPSA) is 58.9 Å². The van der Waals surface area contributed by atoms with E-state index in [1.54, 1.807) is 12.2 Å². The van der Waals surface area contributed by atoms with E-state index in [1.807, 2.05) is 12.1 Å². The van der Waals surface area contributed by atoms with Crippen molar-refractivity contribution in [2.24, 2.45) is 15.9 Å². The number of benzene rings is 1. The quantitative estimate of drug-likeness (QED) is 0.612. The van der Waals surface area contributed by atoms with E-state index in [0.717, 1.165) is 49.8 Å². The molecule has 1 aromatic rings. The lowest BCUT2D eigenvalue weighted by atomic mass is 9.81. The van der Waals surface area contributed by atoms with Crippen LogP contribution in [0.3, 0.4) is 0 Å². The first-order chi connectivity index (χ1) is 10.3. The highest BCUT2D eigenvalue weighted by molar-refractivity contribution is 5.56. The van der Waals surface area contributed by atoms with Crippen molar-refractivity contribution in [3.05, 3.63) is 29.3 Å². The van der Waals surface area contributed by atoms with Crippen molar-refractivity contribution in [1.82, 2.24) is 0 Å². The average Bonchev–Trinajstić information content (AvgIpc) is 2.50. The van der Waals surface area contributed by atoms with Crippen LogP contribution in [0.5, 0.6) is 0 Å². The Bertz CT molecular complexity index is 576. The van der Waals surface area contributed by atoms with Gasteiger partial charge < -0.3 is 0 Å². The summed E-state index contributed by atoms with van der Waals surface area (Å²) in [5.74, 6) is 0.615. The van der Waals surface area contributed by atoms with Gasteiger partial charge in [0.25, 0.3) is 0 Å². The molecular formula is C17H20N2O2. The molecule has 0 amide bonds. The number of hydrogen-bond donors (Lipinski definition) is 0. The molecule has 1 aromatic carbocycles. The maximum atomic E-state index is 10.5. The minimum Gasteiger partial charge on any atom is -0.211 e. The Morgan fingerprint density at radius 2 is 1.90 bits per heavy atom. The molecule has 0 atom stereocenters. The number of isocyanates is 2. The van der Waals surface area contributed by atoms with Crippen LogP contribution in [-0.2, 0) is 22.4 Å². The van der Waals surface area contributed by atoms with Gasteiger partial charge in [0.1, 0.15) is 0 Å². The van der Waals surface area contributed by atoms with Gasteiger partial charge in [0.05, 0.1) is 11.7 Å². The van der Waals surface area contributed by atoms with E-state index in [4.69, 9.17) is 0 Å². The normalized spacial score (nSPS) is 21.2. The maximum absolute atomic E-state index is 10.5. The third-order valence-electron chi connectivity index (χ3n) is 4.33. The molecule has 0 heterocycles. The molecule has 110 valence electrons. The molecule has 0 bridgehead atoms. The number of nitrogens with zero attached hydrogens (tertiary/aromatic N) is 2. The molecular weight excluding hydrogens is 264 g/mol. The van der Waals surface area contributed by atoms with Gasteiger partial charge in [-0.15, -0.1) is 0 Å². The molecule has 0 spiro atoms. The molecule has 1 aliphatic carbocycles. The second kappa shape index (κ2) is 7.68. The molecule has 0 N–H and O–H groups in total. The fourth-order valence-electron chi connectivity index (χ4n) is 3.24. The van der Waals surface area contributed by atoms with Crippen LogP contribution in [-0.4, -0.2) is 18.2 Å². The van der Waals surface area contributed by atoms with E-state index in [2.05, 4.69) is 23.0 Å². The van der Waals surface area contributed by atoms with Gasteiger partial charge in [0, 0.05) is 0 Å². The minimum atomic E-state index is 0.162. The largest absolute Gasteiger partial charge is 0.240 e. The van der Waals surface area contributed by atoms with Crippen molar-refractivity contribution in [3.8, 4) is 0 Å². The Kier molecular flexibility index (Phi) is 5.62. The molecule has 0 unspecified atom stereocenters. The van der Waals surface area contributed by atoms with Crippen molar-refractivity contribution in [1.29, 1.82) is 0 Å². The SMILES string of the molecule is CCc1c(CC2CCC(N=C=O)CC2)cccc1N=C=O. The zero-order valence-electron chi connectivity index (χ0n) is 12.3. The van der Waals surface area contributed by atoms with Crippen LogP contribution in [0.4, 0.5) is 5.69 Å². The van der Waals surface area contributed by atoms with Crippen LogP contribution in [0.1, 0.15) is 43.7 Å². The second-order valence-electron chi connectivity index (χ2n) is 5.57. The Balaban J connectivity index is 2.08. The molecule has 1 fully saturated rings. The molecule has 0 aromatic heterocycles. The van der Waals surface area contributed by atoms with Gasteiger partial charge in [0.15, 0.2) is 0 Å². The van der Waals surface area contributed by atoms with Gasteiger partial charge in [-0.2, -0.15) is 4.99 Å². The molecule has 0 saturated heterocycles. The molecule has 0 radical (unpaired) electrons. The molecule has 1 saturated carbocycles. The van der Waals surface area contributed by atoms with Crippen molar-refractivity contribution in [2.45, 2.75) is 51.5 Å². The van der Waals surface area contributed by atoms with Gasteiger partial charge in [-0.25, -0.2) is 14.6 Å². The summed E-state index contributed by atoms with van der Waals surface area (Å²) in [6, 6.07) is 6.10. The Labute approximate surface area is 125 Å². The van der Waals surface area contributed by atoms with Crippen LogP contribution < -0.4 is 0 Å². The Morgan fingerprint density at radius 3 is 2.52 bits per heavy atom. The zero-order chi connectivity index (χ0) is 15.1. The second-order valence-corrected chi connectivity index (χ2v) is 5.57. The van der Waals surface area contributed by atoms with Crippen LogP contribution in [0.15, 0.2) is 28.2 Å². The van der Waals surface area contributed by atoms with Crippen LogP contribution in [0, 0.1) is 5.92 Å². The third-order valence-corrected chi connectivity index (χ3v) is 4.33. The minimum absolute atomic E-state index is 0.162. The summed E-state index contributed by atoms with van der Waals surface area (Å²) >= 11 is 0.